The van der Waals surface area contributed by atoms with Crippen LogP contribution in [0.2, 0.25) is 15.1 Å². The van der Waals surface area contributed by atoms with Crippen LogP contribution in [0.5, 0.6) is 0 Å². The van der Waals surface area contributed by atoms with Gasteiger partial charge in [0.1, 0.15) is 5.58 Å². The minimum absolute atomic E-state index is 0.0729. The molecule has 0 spiro atoms. The van der Waals surface area contributed by atoms with Gasteiger partial charge in [-0.1, -0.05) is 47.8 Å². The third-order valence-electron chi connectivity index (χ3n) is 4.97. The summed E-state index contributed by atoms with van der Waals surface area (Å²) in [7, 11) is 0. The van der Waals surface area contributed by atoms with Gasteiger partial charge < -0.3 is 9.32 Å². The average Bonchev–Trinajstić information content (AvgIpc) is 2.93. The van der Waals surface area contributed by atoms with Crippen molar-refractivity contribution in [1.82, 2.24) is 4.90 Å². The summed E-state index contributed by atoms with van der Waals surface area (Å²) < 4.78 is 5.91. The largest absolute Gasteiger partial charge is 0.450 e. The lowest BCUT2D eigenvalue weighted by Crippen LogP contribution is -2.30. The highest BCUT2D eigenvalue weighted by Gasteiger charge is 2.42. The van der Waals surface area contributed by atoms with Gasteiger partial charge in [0.2, 0.25) is 5.76 Å². The maximum atomic E-state index is 13.4. The molecule has 0 saturated heterocycles. The van der Waals surface area contributed by atoms with E-state index in [1.54, 1.807) is 35.2 Å². The Morgan fingerprint density at radius 1 is 1.04 bits per heavy atom. The van der Waals surface area contributed by atoms with E-state index in [1.165, 1.54) is 0 Å². The lowest BCUT2D eigenvalue weighted by Gasteiger charge is -2.24. The number of hydrogen-bond donors (Lipinski definition) is 0. The summed E-state index contributed by atoms with van der Waals surface area (Å²) >= 11 is 18.5. The van der Waals surface area contributed by atoms with Crippen molar-refractivity contribution in [3.05, 3.63) is 78.1 Å². The van der Waals surface area contributed by atoms with Gasteiger partial charge >= 0.3 is 0 Å². The van der Waals surface area contributed by atoms with Crippen LogP contribution in [-0.4, -0.2) is 17.4 Å². The van der Waals surface area contributed by atoms with Crippen LogP contribution < -0.4 is 5.43 Å². The number of nitrogens with zero attached hydrogens (tertiary/aromatic N) is 1. The third kappa shape index (κ3) is 2.91. The average molecular weight is 437 g/mol. The van der Waals surface area contributed by atoms with Crippen LogP contribution in [-0.2, 0) is 0 Å². The SMILES string of the molecule is CCCN1C(=O)c2oc3cc(C)c(Cl)cc3c(=O)c2C1c1ccc(Cl)c(Cl)c1. The molecule has 28 heavy (non-hydrogen) atoms. The summed E-state index contributed by atoms with van der Waals surface area (Å²) in [6, 6.07) is 7.81. The molecule has 0 saturated carbocycles. The lowest BCUT2D eigenvalue weighted by atomic mass is 9.98. The van der Waals surface area contributed by atoms with Gasteiger partial charge in [0.05, 0.1) is 27.0 Å². The van der Waals surface area contributed by atoms with Crippen LogP contribution in [0.25, 0.3) is 11.0 Å². The summed E-state index contributed by atoms with van der Waals surface area (Å²) in [5.41, 5.74) is 1.88. The van der Waals surface area contributed by atoms with Crippen molar-refractivity contribution in [3.8, 4) is 0 Å². The van der Waals surface area contributed by atoms with Crippen LogP contribution in [0.4, 0.5) is 0 Å². The Morgan fingerprint density at radius 2 is 1.79 bits per heavy atom. The number of benzene rings is 2. The fourth-order valence-electron chi connectivity index (χ4n) is 3.64. The van der Waals surface area contributed by atoms with Crippen molar-refractivity contribution in [2.75, 3.05) is 6.54 Å². The van der Waals surface area contributed by atoms with Crippen molar-refractivity contribution < 1.29 is 9.21 Å². The first kappa shape index (κ1) is 19.3. The molecule has 144 valence electrons. The third-order valence-corrected chi connectivity index (χ3v) is 6.12. The molecular weight excluding hydrogens is 421 g/mol. The number of rotatable bonds is 3. The van der Waals surface area contributed by atoms with E-state index in [-0.39, 0.29) is 17.1 Å². The van der Waals surface area contributed by atoms with E-state index in [2.05, 4.69) is 0 Å². The normalized spacial score (nSPS) is 16.1. The van der Waals surface area contributed by atoms with Gasteiger partial charge in [0, 0.05) is 11.6 Å². The van der Waals surface area contributed by atoms with E-state index in [1.807, 2.05) is 13.8 Å². The predicted octanol–water partition coefficient (Wildman–Crippen LogP) is 6.02. The fraction of sp³-hybridized carbons (Fsp3) is 0.238. The highest BCUT2D eigenvalue weighted by molar-refractivity contribution is 6.42. The first-order valence-corrected chi connectivity index (χ1v) is 9.99. The van der Waals surface area contributed by atoms with Crippen LogP contribution in [0.1, 0.15) is 46.6 Å². The number of aryl methyl sites for hydroxylation is 1. The summed E-state index contributed by atoms with van der Waals surface area (Å²) in [6.07, 6.45) is 0.732. The molecule has 1 amide bonds. The van der Waals surface area contributed by atoms with Gasteiger partial charge in [0.25, 0.3) is 5.91 Å². The second-order valence-electron chi connectivity index (χ2n) is 6.85. The maximum absolute atomic E-state index is 13.4. The Morgan fingerprint density at radius 3 is 2.46 bits per heavy atom. The molecule has 0 aliphatic carbocycles. The van der Waals surface area contributed by atoms with E-state index in [9.17, 15) is 9.59 Å². The monoisotopic (exact) mass is 435 g/mol. The lowest BCUT2D eigenvalue weighted by molar-refractivity contribution is 0.0728. The zero-order chi connectivity index (χ0) is 20.2. The quantitative estimate of drug-likeness (QED) is 0.504. The van der Waals surface area contributed by atoms with Crippen LogP contribution in [0.15, 0.2) is 39.5 Å². The highest BCUT2D eigenvalue weighted by Crippen LogP contribution is 2.40. The molecule has 1 atom stereocenters. The maximum Gasteiger partial charge on any atom is 0.290 e. The molecule has 1 aliphatic heterocycles. The minimum atomic E-state index is -0.585. The number of hydrogen-bond acceptors (Lipinski definition) is 3. The molecule has 3 aromatic rings. The van der Waals surface area contributed by atoms with Crippen LogP contribution in [0.3, 0.4) is 0 Å². The van der Waals surface area contributed by atoms with Crippen LogP contribution in [0, 0.1) is 6.92 Å². The Balaban J connectivity index is 2.03. The molecule has 0 bridgehead atoms. The first-order chi connectivity index (χ1) is 13.3. The molecule has 2 heterocycles. The number of amides is 1. The second-order valence-corrected chi connectivity index (χ2v) is 8.07. The smallest absolute Gasteiger partial charge is 0.290 e. The van der Waals surface area contributed by atoms with E-state index < -0.39 is 6.04 Å². The van der Waals surface area contributed by atoms with Crippen molar-refractivity contribution in [2.24, 2.45) is 0 Å². The van der Waals surface area contributed by atoms with Crippen LogP contribution >= 0.6 is 34.8 Å². The van der Waals surface area contributed by atoms with Crippen molar-refractivity contribution in [3.63, 3.8) is 0 Å². The molecule has 0 fully saturated rings. The molecule has 1 unspecified atom stereocenters. The van der Waals surface area contributed by atoms with Crippen molar-refractivity contribution >= 4 is 51.7 Å². The number of fused-ring (bicyclic) bond motifs is 2. The molecule has 0 N–H and O–H groups in total. The molecule has 1 aromatic heterocycles. The Labute approximate surface area is 176 Å². The van der Waals surface area contributed by atoms with Crippen molar-refractivity contribution in [2.45, 2.75) is 26.3 Å². The molecule has 7 heteroatoms. The highest BCUT2D eigenvalue weighted by atomic mass is 35.5. The van der Waals surface area contributed by atoms with Gasteiger partial charge in [-0.05, 0) is 48.7 Å². The number of carbonyl (C=O) groups excluding carboxylic acids is 1. The number of halogens is 3. The standard InChI is InChI=1S/C21H16Cl3NO3/c1-3-6-25-18(11-4-5-13(22)15(24)8-11)17-19(26)12-9-14(23)10(2)7-16(12)28-20(17)21(25)27/h4-5,7-9,18H,3,6H2,1-2H3. The topological polar surface area (TPSA) is 50.5 Å². The Kier molecular flexibility index (Phi) is 4.90. The van der Waals surface area contributed by atoms with Gasteiger partial charge in [-0.2, -0.15) is 0 Å². The zero-order valence-corrected chi connectivity index (χ0v) is 17.5. The summed E-state index contributed by atoms with van der Waals surface area (Å²) in [5, 5.41) is 1.59. The molecule has 0 radical (unpaired) electrons. The molecule has 4 rings (SSSR count). The molecule has 2 aromatic carbocycles. The second kappa shape index (κ2) is 7.11. The van der Waals surface area contributed by atoms with Gasteiger partial charge in [0.15, 0.2) is 5.43 Å². The zero-order valence-electron chi connectivity index (χ0n) is 15.2. The van der Waals surface area contributed by atoms with Gasteiger partial charge in [-0.25, -0.2) is 0 Å². The molecule has 4 nitrogen and oxygen atoms in total. The van der Waals surface area contributed by atoms with Gasteiger partial charge in [-0.15, -0.1) is 0 Å². The molecule has 1 aliphatic rings. The van der Waals surface area contributed by atoms with E-state index in [4.69, 9.17) is 39.2 Å². The van der Waals surface area contributed by atoms with Gasteiger partial charge in [-0.3, -0.25) is 9.59 Å². The Bertz CT molecular complexity index is 1190. The first-order valence-electron chi connectivity index (χ1n) is 8.86. The summed E-state index contributed by atoms with van der Waals surface area (Å²) in [4.78, 5) is 28.1. The fourth-order valence-corrected chi connectivity index (χ4v) is 4.11. The summed E-state index contributed by atoms with van der Waals surface area (Å²) in [6.45, 7) is 4.26. The van der Waals surface area contributed by atoms with E-state index >= 15 is 0 Å². The summed E-state index contributed by atoms with van der Waals surface area (Å²) in [5.74, 6) is -0.233. The van der Waals surface area contributed by atoms with Crippen molar-refractivity contribution in [1.29, 1.82) is 0 Å². The molecular formula is C21H16Cl3NO3. The number of carbonyl (C=O) groups is 1. The van der Waals surface area contributed by atoms with E-state index in [0.717, 1.165) is 12.0 Å². The minimum Gasteiger partial charge on any atom is -0.450 e. The van der Waals surface area contributed by atoms with E-state index in [0.29, 0.717) is 43.7 Å². The Hall–Kier alpha value is -2.01. The predicted molar refractivity (Wildman–Crippen MR) is 112 cm³/mol.